The Kier molecular flexibility index (Phi) is 4.83. The van der Waals surface area contributed by atoms with Gasteiger partial charge < -0.3 is 8.23 Å². The van der Waals surface area contributed by atoms with Crippen LogP contribution in [-0.2, 0) is 8.23 Å². The Morgan fingerprint density at radius 1 is 1.50 bits per heavy atom. The summed E-state index contributed by atoms with van der Waals surface area (Å²) in [6.07, 6.45) is 0. The van der Waals surface area contributed by atoms with E-state index in [0.29, 0.717) is 10.5 Å². The smallest absolute Gasteiger partial charge is 0.369 e. The van der Waals surface area contributed by atoms with Gasteiger partial charge in [-0.05, 0) is 11.4 Å². The van der Waals surface area contributed by atoms with Crippen LogP contribution in [0.5, 0.6) is 0 Å². The molecule has 0 aromatic rings. The zero-order chi connectivity index (χ0) is 8.04. The highest BCUT2D eigenvalue weighted by atomic mass is 28.4. The normalized spacial score (nSPS) is 12.5. The molecule has 0 aliphatic heterocycles. The summed E-state index contributed by atoms with van der Waals surface area (Å²) in [7, 11) is -1.78. The van der Waals surface area contributed by atoms with Gasteiger partial charge in [0.1, 0.15) is 20.2 Å². The molecule has 0 saturated carbocycles. The minimum atomic E-state index is -2.07. The van der Waals surface area contributed by atoms with Gasteiger partial charge in [-0.15, -0.1) is 13.2 Å². The van der Waals surface area contributed by atoms with E-state index in [1.807, 2.05) is 0 Å². The van der Waals surface area contributed by atoms with E-state index in [-0.39, 0.29) is 0 Å². The average Bonchev–Trinajstić information content (AvgIpc) is 2.01. The summed E-state index contributed by atoms with van der Waals surface area (Å²) in [5, 5.41) is 0. The van der Waals surface area contributed by atoms with Gasteiger partial charge in [-0.3, -0.25) is 0 Å². The maximum Gasteiger partial charge on any atom is 0.369 e. The molecular weight excluding hydrogens is 176 g/mol. The SMILES string of the molecule is C=C[Si](C=C)(O[SiH3])O[SiH2]C. The van der Waals surface area contributed by atoms with Crippen molar-refractivity contribution in [2.45, 2.75) is 6.55 Å². The lowest BCUT2D eigenvalue weighted by atomic mass is 11.2. The van der Waals surface area contributed by atoms with Crippen LogP contribution in [0.4, 0.5) is 0 Å². The molecule has 0 aliphatic carbocycles. The van der Waals surface area contributed by atoms with E-state index in [9.17, 15) is 0 Å². The molecule has 58 valence electrons. The second-order valence-corrected chi connectivity index (χ2v) is 7.39. The lowest BCUT2D eigenvalue weighted by molar-refractivity contribution is 0.455. The minimum Gasteiger partial charge on any atom is -0.439 e. The maximum atomic E-state index is 5.53. The zero-order valence-corrected chi connectivity index (χ0v) is 11.0. The molecule has 0 aliphatic rings. The van der Waals surface area contributed by atoms with Crippen LogP contribution in [0.3, 0.4) is 0 Å². The van der Waals surface area contributed by atoms with Crippen LogP contribution in [0.15, 0.2) is 24.6 Å². The third kappa shape index (κ3) is 2.35. The van der Waals surface area contributed by atoms with Crippen LogP contribution < -0.4 is 0 Å². The third-order valence-electron chi connectivity index (χ3n) is 1.26. The molecule has 0 aromatic carbocycles. The molecule has 0 amide bonds. The summed E-state index contributed by atoms with van der Waals surface area (Å²) >= 11 is 0. The predicted octanol–water partition coefficient (Wildman–Crippen LogP) is -0.676. The summed E-state index contributed by atoms with van der Waals surface area (Å²) in [5.74, 6) is 0. The van der Waals surface area contributed by atoms with Crippen molar-refractivity contribution >= 4 is 28.8 Å². The lowest BCUT2D eigenvalue weighted by Crippen LogP contribution is -2.38. The zero-order valence-electron chi connectivity index (χ0n) is 6.59. The van der Waals surface area contributed by atoms with Gasteiger partial charge in [-0.2, -0.15) is 0 Å². The predicted molar refractivity (Wildman–Crippen MR) is 52.7 cm³/mol. The molecule has 0 aromatic heterocycles. The van der Waals surface area contributed by atoms with E-state index in [0.717, 1.165) is 0 Å². The van der Waals surface area contributed by atoms with Gasteiger partial charge >= 0.3 is 8.56 Å². The Morgan fingerprint density at radius 2 is 2.00 bits per heavy atom. The fourth-order valence-corrected chi connectivity index (χ4v) is 6.43. The Morgan fingerprint density at radius 3 is 2.10 bits per heavy atom. The largest absolute Gasteiger partial charge is 0.439 e. The molecule has 0 bridgehead atoms. The molecular formula is C5H14O2Si3. The second-order valence-electron chi connectivity index (χ2n) is 1.77. The molecule has 2 nitrogen and oxygen atoms in total. The van der Waals surface area contributed by atoms with Crippen molar-refractivity contribution in [3.8, 4) is 0 Å². The first-order valence-corrected chi connectivity index (χ1v) is 7.99. The van der Waals surface area contributed by atoms with Crippen LogP contribution in [0.25, 0.3) is 0 Å². The van der Waals surface area contributed by atoms with Crippen molar-refractivity contribution in [2.24, 2.45) is 0 Å². The molecule has 0 atom stereocenters. The molecule has 0 saturated heterocycles. The van der Waals surface area contributed by atoms with Crippen molar-refractivity contribution < 1.29 is 8.23 Å². The molecule has 5 heteroatoms. The summed E-state index contributed by atoms with van der Waals surface area (Å²) in [5.41, 5.74) is 3.56. The Bertz CT molecular complexity index is 118. The highest BCUT2D eigenvalue weighted by molar-refractivity contribution is 6.82. The summed E-state index contributed by atoms with van der Waals surface area (Å²) in [6, 6.07) is 0. The molecule has 0 fully saturated rings. The van der Waals surface area contributed by atoms with Gasteiger partial charge in [-0.25, -0.2) is 0 Å². The van der Waals surface area contributed by atoms with E-state index in [1.54, 1.807) is 11.4 Å². The molecule has 0 unspecified atom stereocenters. The molecule has 0 N–H and O–H groups in total. The van der Waals surface area contributed by atoms with E-state index in [4.69, 9.17) is 8.23 Å². The highest BCUT2D eigenvalue weighted by Gasteiger charge is 2.26. The summed E-state index contributed by atoms with van der Waals surface area (Å²) in [6.45, 7) is 9.44. The fraction of sp³-hybridized carbons (Fsp3) is 0.200. The minimum absolute atomic E-state index is 0.407. The Hall–Kier alpha value is 0.0506. The number of hydrogen-bond donors (Lipinski definition) is 0. The third-order valence-corrected chi connectivity index (χ3v) is 7.91. The lowest BCUT2D eigenvalue weighted by Gasteiger charge is -2.21. The van der Waals surface area contributed by atoms with Crippen LogP contribution >= 0.6 is 0 Å². The molecule has 10 heavy (non-hydrogen) atoms. The van der Waals surface area contributed by atoms with E-state index in [1.165, 1.54) is 0 Å². The van der Waals surface area contributed by atoms with Gasteiger partial charge in [0.05, 0.1) is 0 Å². The van der Waals surface area contributed by atoms with Gasteiger partial charge in [0.2, 0.25) is 0 Å². The van der Waals surface area contributed by atoms with Crippen LogP contribution in [0, 0.1) is 0 Å². The molecule has 0 spiro atoms. The van der Waals surface area contributed by atoms with E-state index in [2.05, 4.69) is 19.7 Å². The Labute approximate surface area is 68.7 Å². The number of rotatable bonds is 5. The van der Waals surface area contributed by atoms with Crippen molar-refractivity contribution in [3.63, 3.8) is 0 Å². The van der Waals surface area contributed by atoms with Crippen molar-refractivity contribution in [1.29, 1.82) is 0 Å². The van der Waals surface area contributed by atoms with Crippen molar-refractivity contribution in [1.82, 2.24) is 0 Å². The van der Waals surface area contributed by atoms with Gasteiger partial charge in [0, 0.05) is 0 Å². The second kappa shape index (κ2) is 4.80. The summed E-state index contributed by atoms with van der Waals surface area (Å²) < 4.78 is 10.9. The van der Waals surface area contributed by atoms with Gasteiger partial charge in [-0.1, -0.05) is 6.55 Å². The molecule has 0 rings (SSSR count). The van der Waals surface area contributed by atoms with Crippen LogP contribution in [-0.4, -0.2) is 28.8 Å². The average molecular weight is 190 g/mol. The van der Waals surface area contributed by atoms with Crippen LogP contribution in [0.2, 0.25) is 6.55 Å². The number of hydrogen-bond acceptors (Lipinski definition) is 2. The Balaban J connectivity index is 4.14. The molecule has 0 radical (unpaired) electrons. The van der Waals surface area contributed by atoms with Crippen molar-refractivity contribution in [2.75, 3.05) is 0 Å². The highest BCUT2D eigenvalue weighted by Crippen LogP contribution is 2.06. The van der Waals surface area contributed by atoms with Crippen molar-refractivity contribution in [3.05, 3.63) is 24.6 Å². The first kappa shape index (κ1) is 10.1. The van der Waals surface area contributed by atoms with Gasteiger partial charge in [0.15, 0.2) is 0 Å². The van der Waals surface area contributed by atoms with E-state index < -0.39 is 18.3 Å². The van der Waals surface area contributed by atoms with Crippen LogP contribution in [0.1, 0.15) is 0 Å². The standard InChI is InChI=1S/C5H14O2Si3/c1-4-10(5-2,6-8)7-9-3/h4-5H,1-2,9H2,3,8H3. The molecule has 0 heterocycles. The monoisotopic (exact) mass is 190 g/mol. The maximum absolute atomic E-state index is 5.53. The fourth-order valence-electron chi connectivity index (χ4n) is 0.652. The first-order valence-electron chi connectivity index (χ1n) is 3.21. The first-order chi connectivity index (χ1) is 4.74. The van der Waals surface area contributed by atoms with Gasteiger partial charge in [0.25, 0.3) is 0 Å². The quantitative estimate of drug-likeness (QED) is 0.535. The topological polar surface area (TPSA) is 18.5 Å². The summed E-state index contributed by atoms with van der Waals surface area (Å²) in [4.78, 5) is 0. The van der Waals surface area contributed by atoms with E-state index >= 15 is 0 Å².